The van der Waals surface area contributed by atoms with Gasteiger partial charge in [0.05, 0.1) is 11.9 Å². The van der Waals surface area contributed by atoms with E-state index in [1.807, 2.05) is 42.5 Å². The number of hydrogen-bond donors (Lipinski definition) is 1. The summed E-state index contributed by atoms with van der Waals surface area (Å²) < 4.78 is 0. The Labute approximate surface area is 152 Å². The van der Waals surface area contributed by atoms with Gasteiger partial charge in [-0.2, -0.15) is 0 Å². The molecule has 132 valence electrons. The summed E-state index contributed by atoms with van der Waals surface area (Å²) in [5, 5.41) is 3.95. The van der Waals surface area contributed by atoms with Crippen molar-refractivity contribution in [1.82, 2.24) is 15.2 Å². The maximum Gasteiger partial charge on any atom is 0.253 e. The Morgan fingerprint density at radius 3 is 2.46 bits per heavy atom. The van der Waals surface area contributed by atoms with Gasteiger partial charge in [-0.05, 0) is 29.3 Å². The van der Waals surface area contributed by atoms with E-state index in [-0.39, 0.29) is 18.2 Å². The molecule has 5 heteroatoms. The number of nitrogens with zero attached hydrogens (tertiary/aromatic N) is 2. The van der Waals surface area contributed by atoms with Crippen LogP contribution < -0.4 is 5.32 Å². The summed E-state index contributed by atoms with van der Waals surface area (Å²) in [5.74, 6) is -0.0966. The van der Waals surface area contributed by atoms with Gasteiger partial charge >= 0.3 is 0 Å². The minimum Gasteiger partial charge on any atom is -0.352 e. The van der Waals surface area contributed by atoms with Crippen LogP contribution in [0.3, 0.4) is 0 Å². The third-order valence-electron chi connectivity index (χ3n) is 4.16. The van der Waals surface area contributed by atoms with Gasteiger partial charge in [0.1, 0.15) is 0 Å². The number of benzene rings is 2. The number of fused-ring (bicyclic) bond motifs is 1. The predicted molar refractivity (Wildman–Crippen MR) is 102 cm³/mol. The SMILES string of the molecule is CN(C)C(=O)c1ccc(CNC(=O)Cc2cccc3cccnc23)cc1. The van der Waals surface area contributed by atoms with Gasteiger partial charge in [0, 0.05) is 37.8 Å². The van der Waals surface area contributed by atoms with E-state index in [1.54, 1.807) is 32.4 Å². The highest BCUT2D eigenvalue weighted by Crippen LogP contribution is 2.16. The molecule has 0 atom stereocenters. The minimum absolute atomic E-state index is 0.0379. The molecule has 2 amide bonds. The maximum atomic E-state index is 12.3. The third-order valence-corrected chi connectivity index (χ3v) is 4.16. The fraction of sp³-hybridized carbons (Fsp3) is 0.190. The van der Waals surface area contributed by atoms with E-state index in [0.717, 1.165) is 22.0 Å². The van der Waals surface area contributed by atoms with Crippen molar-refractivity contribution in [2.24, 2.45) is 0 Å². The van der Waals surface area contributed by atoms with Crippen molar-refractivity contribution in [3.8, 4) is 0 Å². The van der Waals surface area contributed by atoms with E-state index in [2.05, 4.69) is 10.3 Å². The number of hydrogen-bond acceptors (Lipinski definition) is 3. The number of aromatic nitrogens is 1. The summed E-state index contributed by atoms with van der Waals surface area (Å²) in [4.78, 5) is 30.1. The molecule has 0 saturated carbocycles. The van der Waals surface area contributed by atoms with Crippen molar-refractivity contribution in [2.45, 2.75) is 13.0 Å². The molecule has 1 aromatic heterocycles. The number of pyridine rings is 1. The molecule has 0 radical (unpaired) electrons. The van der Waals surface area contributed by atoms with Crippen LogP contribution in [0.2, 0.25) is 0 Å². The molecule has 0 saturated heterocycles. The lowest BCUT2D eigenvalue weighted by molar-refractivity contribution is -0.120. The van der Waals surface area contributed by atoms with Gasteiger partial charge in [0.2, 0.25) is 5.91 Å². The van der Waals surface area contributed by atoms with Crippen molar-refractivity contribution >= 4 is 22.7 Å². The summed E-state index contributed by atoms with van der Waals surface area (Å²) in [6.07, 6.45) is 2.02. The van der Waals surface area contributed by atoms with Gasteiger partial charge in [-0.15, -0.1) is 0 Å². The second-order valence-electron chi connectivity index (χ2n) is 6.34. The van der Waals surface area contributed by atoms with Gasteiger partial charge < -0.3 is 10.2 Å². The quantitative estimate of drug-likeness (QED) is 0.772. The molecule has 5 nitrogen and oxygen atoms in total. The lowest BCUT2D eigenvalue weighted by Crippen LogP contribution is -2.25. The van der Waals surface area contributed by atoms with Crippen molar-refractivity contribution in [1.29, 1.82) is 0 Å². The molecule has 0 spiro atoms. The molecular formula is C21H21N3O2. The summed E-state index contributed by atoms with van der Waals surface area (Å²) in [6.45, 7) is 0.424. The Kier molecular flexibility index (Phi) is 5.27. The zero-order chi connectivity index (χ0) is 18.5. The Balaban J connectivity index is 1.61. The topological polar surface area (TPSA) is 62.3 Å². The lowest BCUT2D eigenvalue weighted by Gasteiger charge is -2.11. The number of nitrogens with one attached hydrogen (secondary N) is 1. The molecule has 0 aliphatic carbocycles. The molecule has 0 unspecified atom stereocenters. The Hall–Kier alpha value is -3.21. The first-order valence-electron chi connectivity index (χ1n) is 8.44. The highest BCUT2D eigenvalue weighted by molar-refractivity contribution is 5.93. The third kappa shape index (κ3) is 4.06. The zero-order valence-electron chi connectivity index (χ0n) is 14.9. The van der Waals surface area contributed by atoms with Crippen LogP contribution in [-0.2, 0) is 17.8 Å². The molecule has 0 aliphatic heterocycles. The molecule has 26 heavy (non-hydrogen) atoms. The molecule has 3 rings (SSSR count). The standard InChI is InChI=1S/C21H21N3O2/c1-24(2)21(26)17-10-8-15(9-11-17)14-23-19(25)13-18-6-3-5-16-7-4-12-22-20(16)18/h3-12H,13-14H2,1-2H3,(H,23,25). The molecule has 3 aromatic rings. The van der Waals surface area contributed by atoms with Crippen LogP contribution in [0, 0.1) is 0 Å². The number of para-hydroxylation sites is 1. The summed E-state index contributed by atoms with van der Waals surface area (Å²) in [7, 11) is 3.44. The van der Waals surface area contributed by atoms with Gasteiger partial charge in [-0.25, -0.2) is 0 Å². The van der Waals surface area contributed by atoms with Crippen molar-refractivity contribution in [3.05, 3.63) is 77.5 Å². The number of amides is 2. The highest BCUT2D eigenvalue weighted by atomic mass is 16.2. The van der Waals surface area contributed by atoms with Crippen LogP contribution >= 0.6 is 0 Å². The van der Waals surface area contributed by atoms with Crippen LogP contribution in [0.4, 0.5) is 0 Å². The summed E-state index contributed by atoms with van der Waals surface area (Å²) >= 11 is 0. The molecule has 1 N–H and O–H groups in total. The van der Waals surface area contributed by atoms with E-state index in [1.165, 1.54) is 4.90 Å². The van der Waals surface area contributed by atoms with Gasteiger partial charge in [0.15, 0.2) is 0 Å². The van der Waals surface area contributed by atoms with Crippen molar-refractivity contribution < 1.29 is 9.59 Å². The fourth-order valence-electron chi connectivity index (χ4n) is 2.77. The molecule has 0 bridgehead atoms. The molecule has 1 heterocycles. The largest absolute Gasteiger partial charge is 0.352 e. The van der Waals surface area contributed by atoms with E-state index >= 15 is 0 Å². The average Bonchev–Trinajstić information content (AvgIpc) is 2.66. The Morgan fingerprint density at radius 1 is 1.00 bits per heavy atom. The van der Waals surface area contributed by atoms with E-state index in [4.69, 9.17) is 0 Å². The van der Waals surface area contributed by atoms with Crippen molar-refractivity contribution in [3.63, 3.8) is 0 Å². The molecular weight excluding hydrogens is 326 g/mol. The molecule has 0 fully saturated rings. The lowest BCUT2D eigenvalue weighted by atomic mass is 10.1. The molecule has 2 aromatic carbocycles. The van der Waals surface area contributed by atoms with Gasteiger partial charge in [-0.3, -0.25) is 14.6 Å². The minimum atomic E-state index is -0.0587. The maximum absolute atomic E-state index is 12.3. The number of rotatable bonds is 5. The number of carbonyl (C=O) groups excluding carboxylic acids is 2. The van der Waals surface area contributed by atoms with Gasteiger partial charge in [0.25, 0.3) is 5.91 Å². The van der Waals surface area contributed by atoms with Crippen LogP contribution in [-0.4, -0.2) is 35.8 Å². The Bertz CT molecular complexity index is 928. The first-order valence-corrected chi connectivity index (χ1v) is 8.44. The van der Waals surface area contributed by atoms with Crippen LogP contribution in [0.5, 0.6) is 0 Å². The molecule has 0 aliphatic rings. The zero-order valence-corrected chi connectivity index (χ0v) is 14.9. The highest BCUT2D eigenvalue weighted by Gasteiger charge is 2.09. The second kappa shape index (κ2) is 7.78. The van der Waals surface area contributed by atoms with E-state index in [9.17, 15) is 9.59 Å². The van der Waals surface area contributed by atoms with Crippen LogP contribution in [0.1, 0.15) is 21.5 Å². The van der Waals surface area contributed by atoms with Gasteiger partial charge in [-0.1, -0.05) is 36.4 Å². The summed E-state index contributed by atoms with van der Waals surface area (Å²) in [5.41, 5.74) is 3.35. The van der Waals surface area contributed by atoms with E-state index < -0.39 is 0 Å². The first kappa shape index (κ1) is 17.6. The normalized spacial score (nSPS) is 10.5. The summed E-state index contributed by atoms with van der Waals surface area (Å²) in [6, 6.07) is 17.0. The van der Waals surface area contributed by atoms with Crippen LogP contribution in [0.15, 0.2) is 60.8 Å². The predicted octanol–water partition coefficient (Wildman–Crippen LogP) is 2.80. The fourth-order valence-corrected chi connectivity index (χ4v) is 2.77. The smallest absolute Gasteiger partial charge is 0.253 e. The second-order valence-corrected chi connectivity index (χ2v) is 6.34. The average molecular weight is 347 g/mol. The first-order chi connectivity index (χ1) is 12.5. The van der Waals surface area contributed by atoms with Crippen LogP contribution in [0.25, 0.3) is 10.9 Å². The van der Waals surface area contributed by atoms with E-state index in [0.29, 0.717) is 12.1 Å². The monoisotopic (exact) mass is 347 g/mol. The number of carbonyl (C=O) groups is 2. The Morgan fingerprint density at radius 2 is 1.73 bits per heavy atom. The van der Waals surface area contributed by atoms with Crippen molar-refractivity contribution in [2.75, 3.05) is 14.1 Å².